The maximum Gasteiger partial charge on any atom is 0.162 e. The molecular weight excluding hydrogens is 386 g/mol. The van der Waals surface area contributed by atoms with Gasteiger partial charge >= 0.3 is 0 Å². The number of ether oxygens (including phenoxy) is 1. The Hall–Kier alpha value is -2.54. The Morgan fingerprint density at radius 1 is 0.871 bits per heavy atom. The summed E-state index contributed by atoms with van der Waals surface area (Å²) >= 11 is 0. The summed E-state index contributed by atoms with van der Waals surface area (Å²) in [7, 11) is 2.19. The summed E-state index contributed by atoms with van der Waals surface area (Å²) in [6, 6.07) is 17.0. The van der Waals surface area contributed by atoms with Gasteiger partial charge in [0.15, 0.2) is 5.82 Å². The van der Waals surface area contributed by atoms with Crippen LogP contribution in [0.25, 0.3) is 22.3 Å². The first-order valence-corrected chi connectivity index (χ1v) is 11.4. The second-order valence-corrected chi connectivity index (χ2v) is 8.58. The number of piperazine rings is 1. The van der Waals surface area contributed by atoms with Crippen LogP contribution in [0.2, 0.25) is 0 Å². The molecule has 0 unspecified atom stereocenters. The standard InChI is InChI=1S/C25H31N5O/c1-28-11-13-30(14-12-28)25-22-19-20(9-10-29-15-17-31-18-16-29)7-8-23(22)26-24(27-25)21-5-3-2-4-6-21/h2-8,19H,9-18H2,1H3. The van der Waals surface area contributed by atoms with Crippen molar-refractivity contribution >= 4 is 16.7 Å². The molecule has 3 heterocycles. The molecule has 0 saturated carbocycles. The Bertz CT molecular complexity index is 1010. The van der Waals surface area contributed by atoms with Gasteiger partial charge < -0.3 is 14.5 Å². The molecule has 0 radical (unpaired) electrons. The molecule has 2 saturated heterocycles. The van der Waals surface area contributed by atoms with Gasteiger partial charge in [-0.1, -0.05) is 36.4 Å². The molecule has 5 rings (SSSR count). The van der Waals surface area contributed by atoms with Gasteiger partial charge in [0.25, 0.3) is 0 Å². The Morgan fingerprint density at radius 2 is 1.65 bits per heavy atom. The monoisotopic (exact) mass is 417 g/mol. The summed E-state index contributed by atoms with van der Waals surface area (Å²) in [5, 5.41) is 1.17. The van der Waals surface area contributed by atoms with Gasteiger partial charge in [0.05, 0.1) is 18.7 Å². The molecule has 162 valence electrons. The fraction of sp³-hybridized carbons (Fsp3) is 0.440. The quantitative estimate of drug-likeness (QED) is 0.636. The summed E-state index contributed by atoms with van der Waals surface area (Å²) in [6.45, 7) is 8.94. The van der Waals surface area contributed by atoms with Gasteiger partial charge in [-0.15, -0.1) is 0 Å². The van der Waals surface area contributed by atoms with E-state index in [2.05, 4.69) is 52.1 Å². The van der Waals surface area contributed by atoms with E-state index in [-0.39, 0.29) is 0 Å². The molecule has 31 heavy (non-hydrogen) atoms. The average Bonchev–Trinajstić information content (AvgIpc) is 2.84. The first kappa shape index (κ1) is 20.4. The van der Waals surface area contributed by atoms with Gasteiger partial charge in [-0.2, -0.15) is 0 Å². The van der Waals surface area contributed by atoms with Crippen LogP contribution in [0.4, 0.5) is 5.82 Å². The van der Waals surface area contributed by atoms with E-state index in [4.69, 9.17) is 14.7 Å². The van der Waals surface area contributed by atoms with E-state index < -0.39 is 0 Å². The number of rotatable bonds is 5. The second-order valence-electron chi connectivity index (χ2n) is 8.58. The molecule has 0 aliphatic carbocycles. The minimum atomic E-state index is 0.808. The molecule has 0 N–H and O–H groups in total. The van der Waals surface area contributed by atoms with Gasteiger partial charge in [-0.05, 0) is 31.2 Å². The number of anilines is 1. The van der Waals surface area contributed by atoms with Crippen molar-refractivity contribution in [2.45, 2.75) is 6.42 Å². The predicted octanol–water partition coefficient (Wildman–Crippen LogP) is 2.92. The number of benzene rings is 2. The zero-order valence-electron chi connectivity index (χ0n) is 18.3. The number of hydrogen-bond donors (Lipinski definition) is 0. The third kappa shape index (κ3) is 4.71. The highest BCUT2D eigenvalue weighted by molar-refractivity contribution is 5.91. The van der Waals surface area contributed by atoms with Crippen LogP contribution in [-0.4, -0.2) is 85.8 Å². The van der Waals surface area contributed by atoms with Crippen LogP contribution in [0.5, 0.6) is 0 Å². The van der Waals surface area contributed by atoms with Crippen molar-refractivity contribution in [2.24, 2.45) is 0 Å². The molecule has 2 aromatic carbocycles. The summed E-state index contributed by atoms with van der Waals surface area (Å²) in [6.07, 6.45) is 1.04. The normalized spacial score (nSPS) is 18.5. The molecule has 2 aliphatic heterocycles. The molecule has 6 nitrogen and oxygen atoms in total. The van der Waals surface area contributed by atoms with Crippen molar-refractivity contribution in [2.75, 3.05) is 71.0 Å². The third-order valence-corrected chi connectivity index (χ3v) is 6.40. The zero-order chi connectivity index (χ0) is 21.0. The molecule has 0 spiro atoms. The van der Waals surface area contributed by atoms with E-state index in [0.717, 1.165) is 88.2 Å². The van der Waals surface area contributed by atoms with Crippen molar-refractivity contribution in [3.63, 3.8) is 0 Å². The summed E-state index contributed by atoms with van der Waals surface area (Å²) in [4.78, 5) is 17.3. The molecule has 1 aromatic heterocycles. The highest BCUT2D eigenvalue weighted by Gasteiger charge is 2.20. The van der Waals surface area contributed by atoms with E-state index in [0.29, 0.717) is 0 Å². The van der Waals surface area contributed by atoms with E-state index in [1.807, 2.05) is 18.2 Å². The van der Waals surface area contributed by atoms with E-state index >= 15 is 0 Å². The molecule has 6 heteroatoms. The average molecular weight is 418 g/mol. The van der Waals surface area contributed by atoms with Crippen LogP contribution < -0.4 is 4.90 Å². The number of aromatic nitrogens is 2. The third-order valence-electron chi connectivity index (χ3n) is 6.40. The van der Waals surface area contributed by atoms with Crippen molar-refractivity contribution in [1.29, 1.82) is 0 Å². The van der Waals surface area contributed by atoms with Crippen LogP contribution in [0.1, 0.15) is 5.56 Å². The lowest BCUT2D eigenvalue weighted by atomic mass is 10.1. The van der Waals surface area contributed by atoms with E-state index in [1.165, 1.54) is 10.9 Å². The highest BCUT2D eigenvalue weighted by Crippen LogP contribution is 2.29. The summed E-state index contributed by atoms with van der Waals surface area (Å²) in [5.74, 6) is 1.88. The maximum absolute atomic E-state index is 5.48. The minimum Gasteiger partial charge on any atom is -0.379 e. The van der Waals surface area contributed by atoms with Gasteiger partial charge in [-0.25, -0.2) is 9.97 Å². The van der Waals surface area contributed by atoms with Crippen molar-refractivity contribution in [3.05, 3.63) is 54.1 Å². The SMILES string of the molecule is CN1CCN(c2nc(-c3ccccc3)nc3ccc(CCN4CCOCC4)cc23)CC1. The molecule has 2 aliphatic rings. The summed E-state index contributed by atoms with van der Waals surface area (Å²) < 4.78 is 5.48. The number of fused-ring (bicyclic) bond motifs is 1. The Balaban J connectivity index is 1.48. The maximum atomic E-state index is 5.48. The van der Waals surface area contributed by atoms with Gasteiger partial charge in [0.1, 0.15) is 5.82 Å². The first-order chi connectivity index (χ1) is 15.3. The van der Waals surface area contributed by atoms with Crippen LogP contribution in [0.15, 0.2) is 48.5 Å². The number of nitrogens with zero attached hydrogens (tertiary/aromatic N) is 5. The smallest absolute Gasteiger partial charge is 0.162 e. The minimum absolute atomic E-state index is 0.808. The van der Waals surface area contributed by atoms with Crippen LogP contribution in [0.3, 0.4) is 0 Å². The van der Waals surface area contributed by atoms with E-state index in [1.54, 1.807) is 0 Å². The number of morpholine rings is 1. The van der Waals surface area contributed by atoms with Crippen LogP contribution in [0, 0.1) is 0 Å². The largest absolute Gasteiger partial charge is 0.379 e. The van der Waals surface area contributed by atoms with Crippen molar-refractivity contribution in [1.82, 2.24) is 19.8 Å². The molecular formula is C25H31N5O. The molecule has 0 bridgehead atoms. The fourth-order valence-corrected chi connectivity index (χ4v) is 4.40. The molecule has 2 fully saturated rings. The fourth-order valence-electron chi connectivity index (χ4n) is 4.40. The predicted molar refractivity (Wildman–Crippen MR) is 126 cm³/mol. The Kier molecular flexibility index (Phi) is 6.11. The number of likely N-dealkylation sites (N-methyl/N-ethyl adjacent to an activating group) is 1. The number of hydrogen-bond acceptors (Lipinski definition) is 6. The molecule has 0 atom stereocenters. The topological polar surface area (TPSA) is 44.7 Å². The van der Waals surface area contributed by atoms with E-state index in [9.17, 15) is 0 Å². The van der Waals surface area contributed by atoms with Crippen molar-refractivity contribution in [3.8, 4) is 11.4 Å². The highest BCUT2D eigenvalue weighted by atomic mass is 16.5. The van der Waals surface area contributed by atoms with Crippen LogP contribution in [-0.2, 0) is 11.2 Å². The first-order valence-electron chi connectivity index (χ1n) is 11.4. The van der Waals surface area contributed by atoms with Gasteiger partial charge in [-0.3, -0.25) is 4.90 Å². The van der Waals surface area contributed by atoms with Crippen LogP contribution >= 0.6 is 0 Å². The van der Waals surface area contributed by atoms with Gasteiger partial charge in [0, 0.05) is 56.8 Å². The zero-order valence-corrected chi connectivity index (χ0v) is 18.3. The van der Waals surface area contributed by atoms with Crippen molar-refractivity contribution < 1.29 is 4.74 Å². The lowest BCUT2D eigenvalue weighted by Crippen LogP contribution is -2.45. The van der Waals surface area contributed by atoms with Gasteiger partial charge in [0.2, 0.25) is 0 Å². The Morgan fingerprint density at radius 3 is 2.42 bits per heavy atom. The lowest BCUT2D eigenvalue weighted by molar-refractivity contribution is 0.0384. The molecule has 0 amide bonds. The summed E-state index contributed by atoms with van der Waals surface area (Å²) in [5.41, 5.74) is 3.44. The second kappa shape index (κ2) is 9.30. The Labute approximate surface area is 184 Å². The lowest BCUT2D eigenvalue weighted by Gasteiger charge is -2.34. The molecule has 3 aromatic rings.